The van der Waals surface area contributed by atoms with Crippen LogP contribution in [0.25, 0.3) is 0 Å². The van der Waals surface area contributed by atoms with E-state index in [0.717, 1.165) is 63.3 Å². The van der Waals surface area contributed by atoms with Gasteiger partial charge >= 0.3 is 23.9 Å². The van der Waals surface area contributed by atoms with E-state index >= 15 is 0 Å². The summed E-state index contributed by atoms with van der Waals surface area (Å²) in [5, 5.41) is 20.7. The minimum atomic E-state index is -0.781. The second kappa shape index (κ2) is 20.6. The third-order valence-corrected chi connectivity index (χ3v) is 11.8. The van der Waals surface area contributed by atoms with Crippen molar-refractivity contribution in [1.82, 2.24) is 9.80 Å². The van der Waals surface area contributed by atoms with Gasteiger partial charge in [-0.05, 0) is 123 Å². The number of benzene rings is 2. The molecule has 2 aromatic carbocycles. The third kappa shape index (κ3) is 11.4. The first-order valence-electron chi connectivity index (χ1n) is 21.9. The Balaban J connectivity index is 1.08. The highest BCUT2D eigenvalue weighted by molar-refractivity contribution is 6.03. The number of carbonyl (C=O) groups excluding carboxylic acids is 4. The number of esters is 4. The Hall–Kier alpha value is -6.14. The highest BCUT2D eigenvalue weighted by atomic mass is 16.5. The minimum Gasteiger partial charge on any atom is -0.462 e. The van der Waals surface area contributed by atoms with E-state index in [1.165, 1.54) is 0 Å². The Labute approximate surface area is 365 Å². The van der Waals surface area contributed by atoms with E-state index in [2.05, 4.69) is 49.6 Å². The number of nitrogens with zero attached hydrogens (tertiary/aromatic N) is 4. The van der Waals surface area contributed by atoms with Gasteiger partial charge in [0.2, 0.25) is 0 Å². The topological polar surface area (TPSA) is 159 Å². The fraction of sp³-hybridized carbons (Fsp3) is 0.480. The van der Waals surface area contributed by atoms with Crippen LogP contribution in [0.2, 0.25) is 0 Å². The molecule has 2 aromatic rings. The minimum absolute atomic E-state index is 0.0565. The van der Waals surface area contributed by atoms with Gasteiger partial charge in [0.1, 0.15) is 34.8 Å². The van der Waals surface area contributed by atoms with Gasteiger partial charge in [0.25, 0.3) is 0 Å². The summed E-state index contributed by atoms with van der Waals surface area (Å²) < 4.78 is 22.9. The van der Waals surface area contributed by atoms with Crippen LogP contribution >= 0.6 is 0 Å². The van der Waals surface area contributed by atoms with Crippen molar-refractivity contribution in [2.45, 2.75) is 105 Å². The van der Waals surface area contributed by atoms with Gasteiger partial charge in [0.05, 0.1) is 24.4 Å². The van der Waals surface area contributed by atoms with Gasteiger partial charge in [0.15, 0.2) is 0 Å². The van der Waals surface area contributed by atoms with Crippen molar-refractivity contribution in [3.05, 3.63) is 105 Å². The Morgan fingerprint density at radius 2 is 0.903 bits per heavy atom. The van der Waals surface area contributed by atoms with Gasteiger partial charge in [-0.1, -0.05) is 64.1 Å². The molecule has 12 heteroatoms. The quantitative estimate of drug-likeness (QED) is 0.0552. The molecule has 2 heterocycles. The van der Waals surface area contributed by atoms with Crippen LogP contribution < -0.4 is 9.47 Å². The Kier molecular flexibility index (Phi) is 15.1. The Bertz CT molecular complexity index is 2050. The van der Waals surface area contributed by atoms with Crippen molar-refractivity contribution in [3.63, 3.8) is 0 Å². The third-order valence-electron chi connectivity index (χ3n) is 11.8. The fourth-order valence-corrected chi connectivity index (χ4v) is 8.91. The first-order chi connectivity index (χ1) is 29.8. The molecule has 0 aromatic heterocycles. The summed E-state index contributed by atoms with van der Waals surface area (Å²) in [6.45, 7) is 11.5. The molecule has 0 saturated carbocycles. The number of rotatable bonds is 15. The monoisotopic (exact) mass is 842 g/mol. The predicted molar refractivity (Wildman–Crippen MR) is 232 cm³/mol. The second-order valence-electron chi connectivity index (χ2n) is 18.1. The van der Waals surface area contributed by atoms with Crippen LogP contribution in [0.5, 0.6) is 11.5 Å². The van der Waals surface area contributed by atoms with Crippen LogP contribution in [0, 0.1) is 33.5 Å². The molecule has 12 nitrogen and oxygen atoms in total. The summed E-state index contributed by atoms with van der Waals surface area (Å²) in [4.78, 5) is 59.2. The number of hydrogen-bond donors (Lipinski definition) is 0. The molecule has 2 aliphatic heterocycles. The maximum absolute atomic E-state index is 13.9. The lowest BCUT2D eigenvalue weighted by Crippen LogP contribution is -2.34. The van der Waals surface area contributed by atoms with Crippen LogP contribution in [0.1, 0.15) is 105 Å². The number of likely N-dealkylation sites (tertiary alicyclic amines) is 2. The molecular formula is C50H58N4O8. The van der Waals surface area contributed by atoms with E-state index in [1.807, 2.05) is 12.1 Å². The van der Waals surface area contributed by atoms with E-state index in [1.54, 1.807) is 48.5 Å². The largest absolute Gasteiger partial charge is 0.462 e. The molecule has 62 heavy (non-hydrogen) atoms. The smallest absolute Gasteiger partial charge is 0.349 e. The van der Waals surface area contributed by atoms with Crippen molar-refractivity contribution in [2.24, 2.45) is 10.8 Å². The summed E-state index contributed by atoms with van der Waals surface area (Å²) in [6, 6.07) is 21.6. The first-order valence-corrected chi connectivity index (χ1v) is 21.9. The highest BCUT2D eigenvalue weighted by Gasteiger charge is 2.42. The molecule has 0 atom stereocenters. The molecule has 0 bridgehead atoms. The summed E-state index contributed by atoms with van der Waals surface area (Å²) in [5.74, 6) is -2.01. The summed E-state index contributed by atoms with van der Waals surface area (Å²) >= 11 is 0. The van der Waals surface area contributed by atoms with E-state index < -0.39 is 23.9 Å². The van der Waals surface area contributed by atoms with Gasteiger partial charge in [-0.3, -0.25) is 0 Å². The van der Waals surface area contributed by atoms with Gasteiger partial charge in [-0.15, -0.1) is 0 Å². The van der Waals surface area contributed by atoms with Crippen LogP contribution in [-0.4, -0.2) is 73.1 Å². The fourth-order valence-electron chi connectivity index (χ4n) is 8.91. The number of allylic oxidation sites excluding steroid dienone is 2. The molecule has 0 N–H and O–H groups in total. The van der Waals surface area contributed by atoms with Crippen LogP contribution in [0.15, 0.2) is 105 Å². The van der Waals surface area contributed by atoms with Crippen LogP contribution in [0.4, 0.5) is 0 Å². The van der Waals surface area contributed by atoms with Crippen molar-refractivity contribution in [1.29, 1.82) is 10.5 Å². The number of carbonyl (C=O) groups is 4. The van der Waals surface area contributed by atoms with Gasteiger partial charge < -0.3 is 28.7 Å². The molecule has 0 unspecified atom stereocenters. The molecule has 6 rings (SSSR count). The number of ether oxygens (including phenoxy) is 4. The lowest BCUT2D eigenvalue weighted by atomic mass is 9.72. The van der Waals surface area contributed by atoms with E-state index in [0.29, 0.717) is 74.0 Å². The molecule has 2 saturated heterocycles. The summed E-state index contributed by atoms with van der Waals surface area (Å²) in [5.41, 5.74) is 1.81. The lowest BCUT2D eigenvalue weighted by molar-refractivity contribution is -0.140. The van der Waals surface area contributed by atoms with E-state index in [9.17, 15) is 29.7 Å². The maximum Gasteiger partial charge on any atom is 0.349 e. The molecule has 0 amide bonds. The SMILES string of the molecule is CC1(C)CC(N2CCCC2)=C(C(=O)Oc2ccccc2)/C(=C(\C#N)C(=O)OCCCCCCOC(=O)/C(C#N)=C2\CC(C)(C)CC(N3CCCC3)=C2C(=O)Oc2ccccc2)C1. The summed E-state index contributed by atoms with van der Waals surface area (Å²) in [7, 11) is 0. The highest BCUT2D eigenvalue weighted by Crippen LogP contribution is 2.47. The zero-order valence-electron chi connectivity index (χ0n) is 36.6. The van der Waals surface area contributed by atoms with E-state index in [4.69, 9.17) is 18.9 Å². The van der Waals surface area contributed by atoms with Gasteiger partial charge in [-0.2, -0.15) is 10.5 Å². The zero-order valence-corrected chi connectivity index (χ0v) is 36.6. The van der Waals surface area contributed by atoms with Crippen LogP contribution in [-0.2, 0) is 28.7 Å². The van der Waals surface area contributed by atoms with Crippen molar-refractivity contribution < 1.29 is 38.1 Å². The maximum atomic E-state index is 13.9. The second-order valence-corrected chi connectivity index (χ2v) is 18.1. The van der Waals surface area contributed by atoms with Gasteiger partial charge in [-0.25, -0.2) is 19.2 Å². The average molecular weight is 843 g/mol. The zero-order chi connectivity index (χ0) is 44.3. The number of unbranched alkanes of at least 4 members (excludes halogenated alkanes) is 3. The van der Waals surface area contributed by atoms with Crippen molar-refractivity contribution in [3.8, 4) is 23.6 Å². The molecule has 2 aliphatic carbocycles. The van der Waals surface area contributed by atoms with Crippen molar-refractivity contribution in [2.75, 3.05) is 39.4 Å². The molecular weight excluding hydrogens is 785 g/mol. The number of para-hydroxylation sites is 2. The molecule has 2 fully saturated rings. The normalized spacial score (nSPS) is 19.9. The molecule has 4 aliphatic rings. The first kappa shape index (κ1) is 45.4. The standard InChI is InChI=1S/C50H58N4O8/c1-49(2)29-37(43(41(31-49)53-23-13-14-24-53)47(57)61-35-19-9-7-10-20-35)39(33-51)45(55)59-27-17-5-6-18-28-60-46(56)40(34-52)38-30-50(3,4)32-42(54-25-15-16-26-54)44(38)48(58)62-36-21-11-8-12-22-36/h7-12,19-22H,5-6,13-18,23-32H2,1-4H3/b39-37+,40-38+. The number of nitriles is 2. The molecule has 0 spiro atoms. The van der Waals surface area contributed by atoms with E-state index in [-0.39, 0.29) is 46.3 Å². The molecule has 326 valence electrons. The van der Waals surface area contributed by atoms with Gasteiger partial charge in [0, 0.05) is 37.6 Å². The molecule has 0 radical (unpaired) electrons. The van der Waals surface area contributed by atoms with Crippen LogP contribution in [0.3, 0.4) is 0 Å². The van der Waals surface area contributed by atoms with Crippen molar-refractivity contribution >= 4 is 23.9 Å². The lowest BCUT2D eigenvalue weighted by Gasteiger charge is -2.38. The average Bonchev–Trinajstić information content (AvgIpc) is 3.98. The number of hydrogen-bond acceptors (Lipinski definition) is 12. The Morgan fingerprint density at radius 1 is 0.548 bits per heavy atom. The summed E-state index contributed by atoms with van der Waals surface area (Å²) in [6.07, 6.45) is 8.10. The Morgan fingerprint density at radius 3 is 1.24 bits per heavy atom. The predicted octanol–water partition coefficient (Wildman–Crippen LogP) is 8.82.